The van der Waals surface area contributed by atoms with Gasteiger partial charge in [-0.25, -0.2) is 8.42 Å². The molecule has 0 aliphatic carbocycles. The fourth-order valence-corrected chi connectivity index (χ4v) is 5.88. The molecule has 0 saturated carbocycles. The van der Waals surface area contributed by atoms with Gasteiger partial charge in [-0.1, -0.05) is 48.5 Å². The molecular formula is C23H24N2O3S. The minimum absolute atomic E-state index is 0.207. The molecule has 150 valence electrons. The number of hydrogen-bond acceptors (Lipinski definition) is 4. The lowest BCUT2D eigenvalue weighted by atomic mass is 9.95. The summed E-state index contributed by atoms with van der Waals surface area (Å²) in [7, 11) is -3.68. The van der Waals surface area contributed by atoms with Gasteiger partial charge in [0.2, 0.25) is 10.0 Å². The molecule has 2 heterocycles. The normalized spacial score (nSPS) is 20.9. The highest BCUT2D eigenvalue weighted by Gasteiger charge is 2.43. The highest BCUT2D eigenvalue weighted by Crippen LogP contribution is 2.38. The van der Waals surface area contributed by atoms with Gasteiger partial charge in [-0.15, -0.1) is 0 Å². The summed E-state index contributed by atoms with van der Waals surface area (Å²) in [5.74, 6) is 0. The summed E-state index contributed by atoms with van der Waals surface area (Å²) in [6, 6.07) is 20.0. The van der Waals surface area contributed by atoms with Crippen molar-refractivity contribution in [2.75, 3.05) is 6.54 Å². The van der Waals surface area contributed by atoms with E-state index in [9.17, 15) is 13.5 Å². The zero-order valence-corrected chi connectivity index (χ0v) is 16.9. The molecule has 0 fully saturated rings. The summed E-state index contributed by atoms with van der Waals surface area (Å²) in [6.45, 7) is 0.359. The molecule has 1 aliphatic heterocycles. The average molecular weight is 409 g/mol. The largest absolute Gasteiger partial charge is 0.387 e. The van der Waals surface area contributed by atoms with E-state index >= 15 is 0 Å². The first-order valence-electron chi connectivity index (χ1n) is 9.79. The van der Waals surface area contributed by atoms with E-state index in [1.807, 2.05) is 42.5 Å². The average Bonchev–Trinajstić information content (AvgIpc) is 2.75. The van der Waals surface area contributed by atoms with Gasteiger partial charge >= 0.3 is 0 Å². The van der Waals surface area contributed by atoms with Crippen molar-refractivity contribution in [3.05, 3.63) is 95.8 Å². The maximum absolute atomic E-state index is 13.4. The molecule has 0 spiro atoms. The van der Waals surface area contributed by atoms with Crippen LogP contribution in [0.2, 0.25) is 0 Å². The lowest BCUT2D eigenvalue weighted by molar-refractivity contribution is 0.0792. The van der Waals surface area contributed by atoms with E-state index in [0.29, 0.717) is 24.9 Å². The number of fused-ring (bicyclic) bond motifs is 1. The number of nitrogens with zero attached hydrogens (tertiary/aromatic N) is 2. The summed E-state index contributed by atoms with van der Waals surface area (Å²) in [4.78, 5) is 4.24. The maximum Gasteiger partial charge on any atom is 0.243 e. The van der Waals surface area contributed by atoms with Crippen LogP contribution in [-0.4, -0.2) is 35.4 Å². The van der Waals surface area contributed by atoms with Gasteiger partial charge in [-0.3, -0.25) is 4.98 Å². The molecule has 2 aromatic carbocycles. The number of rotatable bonds is 6. The van der Waals surface area contributed by atoms with Crippen molar-refractivity contribution in [3.63, 3.8) is 0 Å². The van der Waals surface area contributed by atoms with Crippen LogP contribution in [-0.2, 0) is 22.9 Å². The molecule has 5 nitrogen and oxygen atoms in total. The highest BCUT2D eigenvalue weighted by atomic mass is 32.2. The van der Waals surface area contributed by atoms with E-state index in [1.165, 1.54) is 9.87 Å². The quantitative estimate of drug-likeness (QED) is 0.679. The number of aryl methyl sites for hydroxylation is 1. The first-order chi connectivity index (χ1) is 14.1. The first-order valence-corrected chi connectivity index (χ1v) is 11.2. The SMILES string of the molecule is O=S1(=O)c2ccccc2[C@@H](O)[C@H](Cc2ccncc2)N1CCCc1ccccc1. The van der Waals surface area contributed by atoms with Crippen LogP contribution in [0.15, 0.2) is 84.0 Å². The van der Waals surface area contributed by atoms with E-state index in [-0.39, 0.29) is 4.90 Å². The second kappa shape index (κ2) is 8.45. The van der Waals surface area contributed by atoms with Crippen molar-refractivity contribution in [2.45, 2.75) is 36.3 Å². The monoisotopic (exact) mass is 408 g/mol. The van der Waals surface area contributed by atoms with Gasteiger partial charge in [0.05, 0.1) is 17.0 Å². The van der Waals surface area contributed by atoms with Crippen molar-refractivity contribution >= 4 is 10.0 Å². The second-order valence-corrected chi connectivity index (χ2v) is 9.17. The zero-order chi connectivity index (χ0) is 20.3. The van der Waals surface area contributed by atoms with Crippen LogP contribution in [0.3, 0.4) is 0 Å². The van der Waals surface area contributed by atoms with Crippen LogP contribution in [0.25, 0.3) is 0 Å². The van der Waals surface area contributed by atoms with Gasteiger partial charge in [0.15, 0.2) is 0 Å². The molecule has 0 amide bonds. The number of aromatic nitrogens is 1. The van der Waals surface area contributed by atoms with Crippen LogP contribution in [0.5, 0.6) is 0 Å². The van der Waals surface area contributed by atoms with Crippen LogP contribution in [0.1, 0.15) is 29.2 Å². The number of sulfonamides is 1. The van der Waals surface area contributed by atoms with Gasteiger partial charge in [0, 0.05) is 24.5 Å². The third kappa shape index (κ3) is 4.10. The van der Waals surface area contributed by atoms with E-state index < -0.39 is 22.2 Å². The van der Waals surface area contributed by atoms with Crippen molar-refractivity contribution in [3.8, 4) is 0 Å². The Morgan fingerprint density at radius 2 is 1.59 bits per heavy atom. The van der Waals surface area contributed by atoms with Crippen LogP contribution < -0.4 is 0 Å². The van der Waals surface area contributed by atoms with Crippen molar-refractivity contribution < 1.29 is 13.5 Å². The minimum atomic E-state index is -3.68. The topological polar surface area (TPSA) is 70.5 Å². The number of pyridine rings is 1. The van der Waals surface area contributed by atoms with Crippen molar-refractivity contribution in [1.29, 1.82) is 0 Å². The Morgan fingerprint density at radius 1 is 0.897 bits per heavy atom. The van der Waals surface area contributed by atoms with E-state index in [2.05, 4.69) is 4.98 Å². The third-order valence-corrected chi connectivity index (χ3v) is 7.44. The Bertz CT molecular complexity index is 1060. The fourth-order valence-electron chi connectivity index (χ4n) is 3.97. The van der Waals surface area contributed by atoms with Gasteiger partial charge in [0.25, 0.3) is 0 Å². The lowest BCUT2D eigenvalue weighted by Gasteiger charge is -2.39. The Kier molecular flexibility index (Phi) is 5.76. The van der Waals surface area contributed by atoms with Crippen LogP contribution in [0, 0.1) is 0 Å². The smallest absolute Gasteiger partial charge is 0.243 e. The van der Waals surface area contributed by atoms with Crippen LogP contribution in [0.4, 0.5) is 0 Å². The Morgan fingerprint density at radius 3 is 2.34 bits per heavy atom. The number of aliphatic hydroxyl groups is 1. The van der Waals surface area contributed by atoms with Gasteiger partial charge in [0.1, 0.15) is 0 Å². The predicted octanol–water partition coefficient (Wildman–Crippen LogP) is 3.36. The summed E-state index contributed by atoms with van der Waals surface area (Å²) in [6.07, 6.45) is 4.40. The Labute approximate surface area is 171 Å². The maximum atomic E-state index is 13.4. The molecule has 29 heavy (non-hydrogen) atoms. The number of hydrogen-bond donors (Lipinski definition) is 1. The van der Waals surface area contributed by atoms with Crippen molar-refractivity contribution in [1.82, 2.24) is 9.29 Å². The molecule has 4 rings (SSSR count). The number of benzene rings is 2. The van der Waals surface area contributed by atoms with E-state index in [4.69, 9.17) is 0 Å². The molecule has 1 aliphatic rings. The summed E-state index contributed by atoms with van der Waals surface area (Å²) < 4.78 is 28.3. The van der Waals surface area contributed by atoms with E-state index in [0.717, 1.165) is 12.0 Å². The van der Waals surface area contributed by atoms with E-state index in [1.54, 1.807) is 36.7 Å². The minimum Gasteiger partial charge on any atom is -0.387 e. The summed E-state index contributed by atoms with van der Waals surface area (Å²) >= 11 is 0. The number of aliphatic hydroxyl groups excluding tert-OH is 1. The lowest BCUT2D eigenvalue weighted by Crippen LogP contribution is -2.49. The molecule has 0 radical (unpaired) electrons. The molecule has 2 atom stereocenters. The Hall–Kier alpha value is -2.54. The molecule has 3 aromatic rings. The summed E-state index contributed by atoms with van der Waals surface area (Å²) in [5, 5.41) is 11.1. The van der Waals surface area contributed by atoms with Crippen molar-refractivity contribution in [2.24, 2.45) is 0 Å². The zero-order valence-electron chi connectivity index (χ0n) is 16.1. The molecule has 0 bridgehead atoms. The second-order valence-electron chi connectivity index (χ2n) is 7.31. The molecule has 6 heteroatoms. The fraction of sp³-hybridized carbons (Fsp3) is 0.261. The Balaban J connectivity index is 1.64. The third-order valence-electron chi connectivity index (χ3n) is 5.44. The first kappa shape index (κ1) is 19.8. The predicted molar refractivity (Wildman–Crippen MR) is 112 cm³/mol. The molecule has 1 N–H and O–H groups in total. The molecule has 0 saturated heterocycles. The molecule has 1 aromatic heterocycles. The highest BCUT2D eigenvalue weighted by molar-refractivity contribution is 7.89. The van der Waals surface area contributed by atoms with Gasteiger partial charge in [-0.05, 0) is 48.6 Å². The van der Waals surface area contributed by atoms with Gasteiger partial charge in [-0.2, -0.15) is 4.31 Å². The van der Waals surface area contributed by atoms with Gasteiger partial charge < -0.3 is 5.11 Å². The summed E-state index contributed by atoms with van der Waals surface area (Å²) in [5.41, 5.74) is 2.60. The molecule has 0 unspecified atom stereocenters. The van der Waals surface area contributed by atoms with Crippen LogP contribution >= 0.6 is 0 Å². The molecular weight excluding hydrogens is 384 g/mol. The standard InChI is InChI=1S/C23H24N2O3S/c26-23-20-10-4-5-11-22(20)29(27,28)25(16-6-9-18-7-2-1-3-8-18)21(23)17-19-12-14-24-15-13-19/h1-5,7-8,10-15,21,23,26H,6,9,16-17H2/t21-,23+/m0/s1.